The van der Waals surface area contributed by atoms with E-state index in [-0.39, 0.29) is 72.5 Å². The summed E-state index contributed by atoms with van der Waals surface area (Å²) in [5.41, 5.74) is -2.64. The van der Waals surface area contributed by atoms with E-state index in [1.54, 1.807) is 12.2 Å². The second-order valence-electron chi connectivity index (χ2n) is 22.2. The summed E-state index contributed by atoms with van der Waals surface area (Å²) in [5.74, 6) is -11.8. The molecule has 16 nitrogen and oxygen atoms in total. The van der Waals surface area contributed by atoms with Crippen LogP contribution in [0.5, 0.6) is 0 Å². The van der Waals surface area contributed by atoms with Crippen molar-refractivity contribution in [3.63, 3.8) is 0 Å². The summed E-state index contributed by atoms with van der Waals surface area (Å²) >= 11 is 0. The van der Waals surface area contributed by atoms with Crippen LogP contribution in [0.2, 0.25) is 0 Å². The first-order chi connectivity index (χ1) is 36.3. The Morgan fingerprint density at radius 3 is 1.68 bits per heavy atom. The fourth-order valence-corrected chi connectivity index (χ4v) is 10.2. The number of hydrogen-bond donors (Lipinski definition) is 4. The molecule has 4 N–H and O–H groups in total. The van der Waals surface area contributed by atoms with E-state index in [1.165, 1.54) is 83.7 Å². The SMILES string of the molecule is CC(C)C1C[C@@H](C(=O)N[C@H](C#N)c2cncc3cc(F)ccc23)N(C(=O)[C@@H](NC(=O)C(F)(F)F)C(C)(C)CC[C@H](C)C2C[C@@H](C(=O)N[C@H](C#N)c3cncc4c(F)cccc34)N(C(=O)[C@@H](NC(=O)C(F)(F)F)C(C)(C)C)C2)C1. The molecular weight excluding hydrogens is 1040 g/mol. The highest BCUT2D eigenvalue weighted by Gasteiger charge is 2.52. The molecular formula is C54H60F8N10O6. The maximum absolute atomic E-state index is 14.9. The standard InChI is InChI=1S/C54H60F8N10O6/c1-27(2)30-17-41(45(73)67-39(19-63)36-23-65-21-29-16-32(55)12-13-33(29)36)71(25-30)48(76)44(70-50(78)54(60,61)62)52(7,8)15-14-28(3)31-18-42(72(26-31)47(75)43(51(4,5)6)69-49(77)53(57,58)59)46(74)68-40(20-64)37-24-66-22-35-34(37)10-9-11-38(35)56/h9-13,16,21-24,27-28,30-31,39-44H,14-15,17-18,25-26H2,1-8H3,(H,67,73)(H,68,74)(H,69,77)(H,70,78)/t28-,30?,31?,39+,40+,41-,42-,43+,44+/m0/s1. The Morgan fingerprint density at radius 1 is 0.654 bits per heavy atom. The van der Waals surface area contributed by atoms with Crippen LogP contribution in [0.3, 0.4) is 0 Å². The minimum absolute atomic E-state index is 0.0257. The lowest BCUT2D eigenvalue weighted by molar-refractivity contribution is -0.176. The third-order valence-corrected chi connectivity index (χ3v) is 15.0. The van der Waals surface area contributed by atoms with Gasteiger partial charge in [-0.3, -0.25) is 38.7 Å². The van der Waals surface area contributed by atoms with Gasteiger partial charge < -0.3 is 31.1 Å². The Morgan fingerprint density at radius 2 is 1.15 bits per heavy atom. The molecule has 2 aliphatic rings. The van der Waals surface area contributed by atoms with Crippen LogP contribution in [0.1, 0.15) is 104 Å². The Labute approximate surface area is 444 Å². The molecule has 2 saturated heterocycles. The highest BCUT2D eigenvalue weighted by molar-refractivity contribution is 5.96. The number of aromatic nitrogens is 2. The van der Waals surface area contributed by atoms with Gasteiger partial charge in [0.1, 0.15) is 47.9 Å². The van der Waals surface area contributed by atoms with Crippen molar-refractivity contribution in [3.8, 4) is 12.1 Å². The van der Waals surface area contributed by atoms with Gasteiger partial charge in [-0.15, -0.1) is 0 Å². The van der Waals surface area contributed by atoms with E-state index in [9.17, 15) is 74.4 Å². The Bertz CT molecular complexity index is 3040. The lowest BCUT2D eigenvalue weighted by Gasteiger charge is -2.39. The van der Waals surface area contributed by atoms with E-state index in [0.717, 1.165) is 21.9 Å². The number of nitrogens with one attached hydrogen (secondary N) is 4. The average molecular weight is 1100 g/mol. The highest BCUT2D eigenvalue weighted by Crippen LogP contribution is 2.40. The lowest BCUT2D eigenvalue weighted by Crippen LogP contribution is -2.60. The van der Waals surface area contributed by atoms with Crippen LogP contribution in [0, 0.1) is 68.8 Å². The van der Waals surface area contributed by atoms with Crippen LogP contribution in [0.25, 0.3) is 21.5 Å². The summed E-state index contributed by atoms with van der Waals surface area (Å²) in [5, 5.41) is 30.3. The van der Waals surface area contributed by atoms with Crippen LogP contribution in [0.4, 0.5) is 35.1 Å². The molecule has 2 fully saturated rings. The van der Waals surface area contributed by atoms with Gasteiger partial charge in [-0.25, -0.2) is 8.78 Å². The maximum atomic E-state index is 14.9. The predicted octanol–water partition coefficient (Wildman–Crippen LogP) is 7.80. The summed E-state index contributed by atoms with van der Waals surface area (Å²) < 4.78 is 112. The van der Waals surface area contributed by atoms with Gasteiger partial charge >= 0.3 is 24.2 Å². The fourth-order valence-electron chi connectivity index (χ4n) is 10.2. The first-order valence-corrected chi connectivity index (χ1v) is 25.1. The third-order valence-electron chi connectivity index (χ3n) is 15.0. The summed E-state index contributed by atoms with van der Waals surface area (Å²) in [4.78, 5) is 93.4. The third kappa shape index (κ3) is 13.2. The molecule has 2 aromatic carbocycles. The number of halogens is 8. The van der Waals surface area contributed by atoms with Crippen LogP contribution in [-0.4, -0.2) is 105 Å². The van der Waals surface area contributed by atoms with Crippen molar-refractivity contribution in [1.29, 1.82) is 10.5 Å². The van der Waals surface area contributed by atoms with Gasteiger partial charge in [0.15, 0.2) is 0 Å². The van der Waals surface area contributed by atoms with Crippen LogP contribution in [-0.2, 0) is 28.8 Å². The van der Waals surface area contributed by atoms with Crippen molar-refractivity contribution in [2.24, 2.45) is 34.5 Å². The van der Waals surface area contributed by atoms with E-state index in [4.69, 9.17) is 0 Å². The molecule has 418 valence electrons. The zero-order chi connectivity index (χ0) is 58.0. The number of nitrogens with zero attached hydrogens (tertiary/aromatic N) is 6. The van der Waals surface area contributed by atoms with Crippen molar-refractivity contribution < 1.29 is 63.9 Å². The van der Waals surface area contributed by atoms with Gasteiger partial charge in [0.25, 0.3) is 0 Å². The monoisotopic (exact) mass is 1100 g/mol. The van der Waals surface area contributed by atoms with Crippen molar-refractivity contribution in [3.05, 3.63) is 83.9 Å². The molecule has 0 saturated carbocycles. The Hall–Kier alpha value is -7.50. The van der Waals surface area contributed by atoms with Gasteiger partial charge in [-0.2, -0.15) is 36.9 Å². The number of fused-ring (bicyclic) bond motifs is 2. The molecule has 0 aliphatic carbocycles. The number of likely N-dealkylation sites (tertiary alicyclic amines) is 2. The number of pyridine rings is 2. The molecule has 4 heterocycles. The minimum atomic E-state index is -5.47. The van der Waals surface area contributed by atoms with Crippen LogP contribution < -0.4 is 21.3 Å². The number of carbonyl (C=O) groups excluding carboxylic acids is 6. The molecule has 6 rings (SSSR count). The summed E-state index contributed by atoms with van der Waals surface area (Å²) in [7, 11) is 0. The largest absolute Gasteiger partial charge is 0.471 e. The molecule has 0 bridgehead atoms. The van der Waals surface area contributed by atoms with Gasteiger partial charge in [0.05, 0.1) is 12.1 Å². The van der Waals surface area contributed by atoms with Gasteiger partial charge in [-0.05, 0) is 89.2 Å². The molecule has 2 aromatic heterocycles. The molecule has 78 heavy (non-hydrogen) atoms. The molecule has 6 amide bonds. The first kappa shape index (κ1) is 59.7. The first-order valence-electron chi connectivity index (χ1n) is 25.1. The second-order valence-corrected chi connectivity index (χ2v) is 22.2. The van der Waals surface area contributed by atoms with E-state index >= 15 is 0 Å². The number of rotatable bonds is 16. The predicted molar refractivity (Wildman–Crippen MR) is 266 cm³/mol. The summed E-state index contributed by atoms with van der Waals surface area (Å²) in [6.07, 6.45) is -6.00. The Balaban J connectivity index is 1.29. The van der Waals surface area contributed by atoms with Crippen LogP contribution in [0.15, 0.2) is 61.2 Å². The number of carbonyl (C=O) groups is 6. The van der Waals surface area contributed by atoms with E-state index in [1.807, 2.05) is 31.3 Å². The average Bonchev–Trinajstić information content (AvgIpc) is 4.05. The fraction of sp³-hybridized carbons (Fsp3) is 0.519. The van der Waals surface area contributed by atoms with Gasteiger partial charge in [-0.1, -0.05) is 73.6 Å². The van der Waals surface area contributed by atoms with Gasteiger partial charge in [0.2, 0.25) is 23.6 Å². The maximum Gasteiger partial charge on any atom is 0.471 e. The Kier molecular flexibility index (Phi) is 17.8. The normalized spacial score (nSPS) is 20.0. The summed E-state index contributed by atoms with van der Waals surface area (Å²) in [6, 6.07) is 2.20. The number of amides is 6. The second kappa shape index (κ2) is 23.2. The summed E-state index contributed by atoms with van der Waals surface area (Å²) in [6.45, 7) is 11.9. The van der Waals surface area contributed by atoms with E-state index < -0.39 is 118 Å². The lowest BCUT2D eigenvalue weighted by atomic mass is 9.75. The molecule has 9 atom stereocenters. The number of hydrogen-bond acceptors (Lipinski definition) is 10. The molecule has 2 unspecified atom stereocenters. The van der Waals surface area contributed by atoms with Crippen molar-refractivity contribution >= 4 is 57.0 Å². The van der Waals surface area contributed by atoms with E-state index in [0.29, 0.717) is 10.8 Å². The number of nitriles is 2. The molecule has 0 radical (unpaired) electrons. The topological polar surface area (TPSA) is 230 Å². The zero-order valence-electron chi connectivity index (χ0n) is 43.9. The molecule has 2 aliphatic heterocycles. The van der Waals surface area contributed by atoms with E-state index in [2.05, 4.69) is 20.6 Å². The van der Waals surface area contributed by atoms with Crippen molar-refractivity contribution in [2.45, 2.75) is 130 Å². The number of alkyl halides is 6. The van der Waals surface area contributed by atoms with Crippen LogP contribution >= 0.6 is 0 Å². The van der Waals surface area contributed by atoms with Crippen molar-refractivity contribution in [2.75, 3.05) is 13.1 Å². The minimum Gasteiger partial charge on any atom is -0.336 e. The molecule has 0 spiro atoms. The quantitative estimate of drug-likeness (QED) is 0.0796. The molecule has 24 heteroatoms. The van der Waals surface area contributed by atoms with Crippen molar-refractivity contribution in [1.82, 2.24) is 41.0 Å². The smallest absolute Gasteiger partial charge is 0.336 e. The highest BCUT2D eigenvalue weighted by atomic mass is 19.4. The van der Waals surface area contributed by atoms with Gasteiger partial charge in [0, 0.05) is 59.8 Å². The zero-order valence-corrected chi connectivity index (χ0v) is 43.9. The molecule has 4 aromatic rings. The number of benzene rings is 2.